The number of aryl methyl sites for hydroxylation is 1. The zero-order valence-corrected chi connectivity index (χ0v) is 12.6. The summed E-state index contributed by atoms with van der Waals surface area (Å²) in [6, 6.07) is 11.0. The molecule has 0 unspecified atom stereocenters. The first kappa shape index (κ1) is 14.9. The number of hydrogen-bond acceptors (Lipinski definition) is 1. The second kappa shape index (κ2) is 7.91. The van der Waals surface area contributed by atoms with Gasteiger partial charge < -0.3 is 9.88 Å². The van der Waals surface area contributed by atoms with Crippen LogP contribution in [0.5, 0.6) is 0 Å². The van der Waals surface area contributed by atoms with Gasteiger partial charge in [-0.3, -0.25) is 0 Å². The maximum atomic E-state index is 3.78. The van der Waals surface area contributed by atoms with Gasteiger partial charge in [0.2, 0.25) is 0 Å². The van der Waals surface area contributed by atoms with Crippen molar-refractivity contribution in [3.63, 3.8) is 0 Å². The first-order valence-corrected chi connectivity index (χ1v) is 7.75. The molecule has 0 spiro atoms. The van der Waals surface area contributed by atoms with E-state index < -0.39 is 0 Å². The number of para-hydroxylation sites is 1. The molecule has 108 valence electrons. The van der Waals surface area contributed by atoms with E-state index in [1.807, 2.05) is 6.08 Å². The van der Waals surface area contributed by atoms with Crippen LogP contribution in [-0.2, 0) is 13.1 Å². The van der Waals surface area contributed by atoms with Gasteiger partial charge in [-0.15, -0.1) is 6.58 Å². The van der Waals surface area contributed by atoms with E-state index in [0.717, 1.165) is 26.1 Å². The molecule has 20 heavy (non-hydrogen) atoms. The average Bonchev–Trinajstić information content (AvgIpc) is 2.83. The highest BCUT2D eigenvalue weighted by atomic mass is 15.0. The summed E-state index contributed by atoms with van der Waals surface area (Å²) >= 11 is 0. The summed E-state index contributed by atoms with van der Waals surface area (Å²) in [6.07, 6.45) is 6.92. The molecule has 0 saturated heterocycles. The Balaban J connectivity index is 2.08. The summed E-state index contributed by atoms with van der Waals surface area (Å²) in [6.45, 7) is 9.03. The highest BCUT2D eigenvalue weighted by Gasteiger charge is 2.07. The van der Waals surface area contributed by atoms with Crippen molar-refractivity contribution in [3.05, 3.63) is 48.7 Å². The number of rotatable bonds is 9. The third-order valence-corrected chi connectivity index (χ3v) is 3.74. The largest absolute Gasteiger partial charge is 0.343 e. The van der Waals surface area contributed by atoms with Crippen LogP contribution in [0.2, 0.25) is 0 Å². The number of benzene rings is 1. The first-order valence-electron chi connectivity index (χ1n) is 7.75. The Morgan fingerprint density at radius 3 is 2.85 bits per heavy atom. The van der Waals surface area contributed by atoms with E-state index in [9.17, 15) is 0 Å². The molecular formula is C18H26N2. The standard InChI is InChI=1S/C18H26N2/c1-3-5-6-7-10-13-20-17(15-19-4-2)14-16-11-8-9-12-18(16)20/h3,8-9,11-12,14,19H,1,4-7,10,13,15H2,2H3. The summed E-state index contributed by atoms with van der Waals surface area (Å²) in [5.74, 6) is 0. The van der Waals surface area contributed by atoms with Gasteiger partial charge in [0.05, 0.1) is 0 Å². The Hall–Kier alpha value is -1.54. The number of nitrogens with zero attached hydrogens (tertiary/aromatic N) is 1. The van der Waals surface area contributed by atoms with E-state index in [-0.39, 0.29) is 0 Å². The minimum absolute atomic E-state index is 0.956. The van der Waals surface area contributed by atoms with Crippen LogP contribution in [0.1, 0.15) is 38.3 Å². The fraction of sp³-hybridized carbons (Fsp3) is 0.444. The van der Waals surface area contributed by atoms with Crippen LogP contribution in [0, 0.1) is 0 Å². The molecular weight excluding hydrogens is 244 g/mol. The number of hydrogen-bond donors (Lipinski definition) is 1. The van der Waals surface area contributed by atoms with Crippen LogP contribution in [0.15, 0.2) is 43.0 Å². The minimum atomic E-state index is 0.956. The van der Waals surface area contributed by atoms with Crippen LogP contribution < -0.4 is 5.32 Å². The molecule has 0 aliphatic carbocycles. The van der Waals surface area contributed by atoms with Crippen molar-refractivity contribution >= 4 is 10.9 Å². The molecule has 1 aromatic heterocycles. The fourth-order valence-electron chi connectivity index (χ4n) is 2.67. The number of fused-ring (bicyclic) bond motifs is 1. The van der Waals surface area contributed by atoms with Crippen molar-refractivity contribution in [2.45, 2.75) is 45.7 Å². The van der Waals surface area contributed by atoms with Gasteiger partial charge in [-0.2, -0.15) is 0 Å². The smallest absolute Gasteiger partial charge is 0.0482 e. The topological polar surface area (TPSA) is 17.0 Å². The van der Waals surface area contributed by atoms with Crippen molar-refractivity contribution in [3.8, 4) is 0 Å². The Kier molecular flexibility index (Phi) is 5.87. The molecule has 0 radical (unpaired) electrons. The number of aromatic nitrogens is 1. The monoisotopic (exact) mass is 270 g/mol. The van der Waals surface area contributed by atoms with Gasteiger partial charge in [0.15, 0.2) is 0 Å². The molecule has 2 rings (SSSR count). The third kappa shape index (κ3) is 3.73. The fourth-order valence-corrected chi connectivity index (χ4v) is 2.67. The van der Waals surface area contributed by atoms with Crippen molar-refractivity contribution in [1.82, 2.24) is 9.88 Å². The zero-order valence-electron chi connectivity index (χ0n) is 12.6. The normalized spacial score (nSPS) is 11.1. The third-order valence-electron chi connectivity index (χ3n) is 3.74. The van der Waals surface area contributed by atoms with E-state index >= 15 is 0 Å². The van der Waals surface area contributed by atoms with Gasteiger partial charge in [-0.05, 0) is 43.3 Å². The average molecular weight is 270 g/mol. The quantitative estimate of drug-likeness (QED) is 0.524. The molecule has 0 saturated carbocycles. The lowest BCUT2D eigenvalue weighted by Crippen LogP contribution is -2.15. The SMILES string of the molecule is C=CCCCCCn1c(CNCC)cc2ccccc21. The van der Waals surface area contributed by atoms with Crippen molar-refractivity contribution < 1.29 is 0 Å². The Morgan fingerprint density at radius 2 is 2.05 bits per heavy atom. The Morgan fingerprint density at radius 1 is 1.20 bits per heavy atom. The van der Waals surface area contributed by atoms with Crippen molar-refractivity contribution in [2.24, 2.45) is 0 Å². The van der Waals surface area contributed by atoms with E-state index in [1.165, 1.54) is 35.9 Å². The second-order valence-electron chi connectivity index (χ2n) is 5.26. The van der Waals surface area contributed by atoms with E-state index in [4.69, 9.17) is 0 Å². The summed E-state index contributed by atoms with van der Waals surface area (Å²) in [4.78, 5) is 0. The van der Waals surface area contributed by atoms with Crippen LogP contribution in [0.4, 0.5) is 0 Å². The predicted molar refractivity (Wildman–Crippen MR) is 88.0 cm³/mol. The summed E-state index contributed by atoms with van der Waals surface area (Å²) in [5.41, 5.74) is 2.76. The highest BCUT2D eigenvalue weighted by molar-refractivity contribution is 5.81. The van der Waals surface area contributed by atoms with Gasteiger partial charge in [0, 0.05) is 24.3 Å². The lowest BCUT2D eigenvalue weighted by Gasteiger charge is -2.11. The molecule has 0 aliphatic heterocycles. The second-order valence-corrected chi connectivity index (χ2v) is 5.26. The molecule has 1 N–H and O–H groups in total. The van der Waals surface area contributed by atoms with E-state index in [1.54, 1.807) is 0 Å². The van der Waals surface area contributed by atoms with Gasteiger partial charge in [-0.25, -0.2) is 0 Å². The summed E-state index contributed by atoms with van der Waals surface area (Å²) in [7, 11) is 0. The van der Waals surface area contributed by atoms with Crippen LogP contribution in [0.3, 0.4) is 0 Å². The highest BCUT2D eigenvalue weighted by Crippen LogP contribution is 2.20. The number of nitrogens with one attached hydrogen (secondary N) is 1. The molecule has 0 amide bonds. The predicted octanol–water partition coefficient (Wildman–Crippen LogP) is 4.50. The molecule has 2 nitrogen and oxygen atoms in total. The maximum Gasteiger partial charge on any atom is 0.0482 e. The van der Waals surface area contributed by atoms with E-state index in [0.29, 0.717) is 0 Å². The Bertz CT molecular complexity index is 539. The van der Waals surface area contributed by atoms with E-state index in [2.05, 4.69) is 53.7 Å². The molecule has 0 atom stereocenters. The van der Waals surface area contributed by atoms with Gasteiger partial charge >= 0.3 is 0 Å². The minimum Gasteiger partial charge on any atom is -0.343 e. The molecule has 2 aromatic rings. The molecule has 2 heteroatoms. The maximum absolute atomic E-state index is 3.78. The molecule has 0 fully saturated rings. The lowest BCUT2D eigenvalue weighted by atomic mass is 10.2. The van der Waals surface area contributed by atoms with Crippen molar-refractivity contribution in [1.29, 1.82) is 0 Å². The number of unbranched alkanes of at least 4 members (excludes halogenated alkanes) is 3. The summed E-state index contributed by atoms with van der Waals surface area (Å²) < 4.78 is 2.48. The molecule has 0 aliphatic rings. The lowest BCUT2D eigenvalue weighted by molar-refractivity contribution is 0.573. The van der Waals surface area contributed by atoms with Gasteiger partial charge in [0.1, 0.15) is 0 Å². The summed E-state index contributed by atoms with van der Waals surface area (Å²) in [5, 5.41) is 4.80. The molecule has 1 heterocycles. The van der Waals surface area contributed by atoms with Crippen molar-refractivity contribution in [2.75, 3.05) is 6.54 Å². The molecule has 1 aromatic carbocycles. The van der Waals surface area contributed by atoms with Crippen LogP contribution in [-0.4, -0.2) is 11.1 Å². The van der Waals surface area contributed by atoms with Gasteiger partial charge in [0.25, 0.3) is 0 Å². The molecule has 0 bridgehead atoms. The van der Waals surface area contributed by atoms with Crippen LogP contribution in [0.25, 0.3) is 10.9 Å². The first-order chi connectivity index (χ1) is 9.86. The van der Waals surface area contributed by atoms with Gasteiger partial charge in [-0.1, -0.05) is 37.6 Å². The zero-order chi connectivity index (χ0) is 14.2. The number of allylic oxidation sites excluding steroid dienone is 1. The Labute approximate surface area is 122 Å². The van der Waals surface area contributed by atoms with Crippen LogP contribution >= 0.6 is 0 Å².